The number of carbonyl (C=O) groups is 1. The van der Waals surface area contributed by atoms with E-state index >= 15 is 0 Å². The lowest BCUT2D eigenvalue weighted by Crippen LogP contribution is -2.30. The molecule has 0 spiro atoms. The first-order chi connectivity index (χ1) is 7.19. The van der Waals surface area contributed by atoms with Crippen molar-refractivity contribution in [2.24, 2.45) is 5.84 Å². The van der Waals surface area contributed by atoms with Crippen LogP contribution in [0.15, 0.2) is 18.2 Å². The standard InChI is InChI=1S/C11H16N2O2/c1-3-6-15-10-5-4-8(2)7-9(10)11(14)13-12/h4-5,7H,3,6,12H2,1-2H3,(H,13,14). The fourth-order valence-corrected chi connectivity index (χ4v) is 1.24. The molecule has 0 aliphatic carbocycles. The zero-order chi connectivity index (χ0) is 11.3. The Morgan fingerprint density at radius 2 is 2.27 bits per heavy atom. The van der Waals surface area contributed by atoms with Crippen LogP contribution in [0.5, 0.6) is 5.75 Å². The van der Waals surface area contributed by atoms with Gasteiger partial charge in [0.25, 0.3) is 5.91 Å². The number of nitrogens with one attached hydrogen (secondary N) is 1. The molecule has 0 unspecified atom stereocenters. The molecule has 0 fully saturated rings. The number of nitrogen functional groups attached to an aromatic ring is 1. The Labute approximate surface area is 89.4 Å². The van der Waals surface area contributed by atoms with Crippen molar-refractivity contribution < 1.29 is 9.53 Å². The number of amides is 1. The molecule has 0 heterocycles. The third-order valence-electron chi connectivity index (χ3n) is 1.97. The van der Waals surface area contributed by atoms with E-state index in [1.165, 1.54) is 0 Å². The van der Waals surface area contributed by atoms with Crippen LogP contribution in [0.25, 0.3) is 0 Å². The molecule has 4 heteroatoms. The molecule has 0 atom stereocenters. The van der Waals surface area contributed by atoms with Crippen LogP contribution in [0.4, 0.5) is 0 Å². The molecule has 4 nitrogen and oxygen atoms in total. The number of carbonyl (C=O) groups excluding carboxylic acids is 1. The lowest BCUT2D eigenvalue weighted by atomic mass is 10.1. The van der Waals surface area contributed by atoms with E-state index < -0.39 is 0 Å². The Bertz CT molecular complexity index is 350. The number of aryl methyl sites for hydroxylation is 1. The number of rotatable bonds is 4. The minimum absolute atomic E-state index is 0.329. The van der Waals surface area contributed by atoms with Crippen LogP contribution in [-0.2, 0) is 0 Å². The normalized spacial score (nSPS) is 9.80. The minimum atomic E-state index is -0.329. The van der Waals surface area contributed by atoms with Crippen LogP contribution < -0.4 is 16.0 Å². The van der Waals surface area contributed by atoms with E-state index in [-0.39, 0.29) is 5.91 Å². The molecule has 0 bridgehead atoms. The average Bonchev–Trinajstić information content (AvgIpc) is 2.26. The van der Waals surface area contributed by atoms with E-state index in [2.05, 4.69) is 5.43 Å². The largest absolute Gasteiger partial charge is 0.493 e. The van der Waals surface area contributed by atoms with Gasteiger partial charge in [-0.2, -0.15) is 0 Å². The van der Waals surface area contributed by atoms with Gasteiger partial charge in [0.1, 0.15) is 5.75 Å². The molecule has 0 aromatic heterocycles. The predicted octanol–water partition coefficient (Wildman–Crippen LogP) is 1.39. The second-order valence-corrected chi connectivity index (χ2v) is 3.32. The summed E-state index contributed by atoms with van der Waals surface area (Å²) in [5, 5.41) is 0. The van der Waals surface area contributed by atoms with Crippen LogP contribution in [-0.4, -0.2) is 12.5 Å². The summed E-state index contributed by atoms with van der Waals surface area (Å²) in [5.41, 5.74) is 3.58. The Hall–Kier alpha value is -1.55. The van der Waals surface area contributed by atoms with Gasteiger partial charge in [0, 0.05) is 0 Å². The van der Waals surface area contributed by atoms with Crippen LogP contribution in [0.3, 0.4) is 0 Å². The van der Waals surface area contributed by atoms with Crippen LogP contribution in [0, 0.1) is 6.92 Å². The summed E-state index contributed by atoms with van der Waals surface area (Å²) in [6, 6.07) is 5.45. The van der Waals surface area contributed by atoms with E-state index in [1.807, 2.05) is 19.9 Å². The van der Waals surface area contributed by atoms with E-state index in [4.69, 9.17) is 10.6 Å². The van der Waals surface area contributed by atoms with Crippen LogP contribution >= 0.6 is 0 Å². The molecule has 82 valence electrons. The second kappa shape index (κ2) is 5.36. The predicted molar refractivity (Wildman–Crippen MR) is 58.6 cm³/mol. The van der Waals surface area contributed by atoms with Crippen molar-refractivity contribution in [3.05, 3.63) is 29.3 Å². The highest BCUT2D eigenvalue weighted by Crippen LogP contribution is 2.19. The highest BCUT2D eigenvalue weighted by atomic mass is 16.5. The summed E-state index contributed by atoms with van der Waals surface area (Å²) >= 11 is 0. The number of ether oxygens (including phenoxy) is 1. The lowest BCUT2D eigenvalue weighted by Gasteiger charge is -2.10. The fraction of sp³-hybridized carbons (Fsp3) is 0.364. The van der Waals surface area contributed by atoms with Crippen LogP contribution in [0.2, 0.25) is 0 Å². The van der Waals surface area contributed by atoms with Gasteiger partial charge in [-0.05, 0) is 25.5 Å². The smallest absolute Gasteiger partial charge is 0.268 e. The van der Waals surface area contributed by atoms with Gasteiger partial charge in [-0.1, -0.05) is 18.6 Å². The van der Waals surface area contributed by atoms with E-state index in [1.54, 1.807) is 12.1 Å². The van der Waals surface area contributed by atoms with Crippen molar-refractivity contribution in [1.82, 2.24) is 5.43 Å². The van der Waals surface area contributed by atoms with Gasteiger partial charge in [-0.25, -0.2) is 5.84 Å². The number of nitrogens with two attached hydrogens (primary N) is 1. The van der Waals surface area contributed by atoms with Crippen molar-refractivity contribution >= 4 is 5.91 Å². The summed E-state index contributed by atoms with van der Waals surface area (Å²) in [6.45, 7) is 4.52. The summed E-state index contributed by atoms with van der Waals surface area (Å²) in [6.07, 6.45) is 0.900. The Morgan fingerprint density at radius 3 is 2.87 bits per heavy atom. The highest BCUT2D eigenvalue weighted by molar-refractivity contribution is 5.96. The van der Waals surface area contributed by atoms with Crippen molar-refractivity contribution in [3.8, 4) is 5.75 Å². The first kappa shape index (κ1) is 11.5. The maximum atomic E-state index is 11.4. The summed E-state index contributed by atoms with van der Waals surface area (Å²) in [7, 11) is 0. The van der Waals surface area contributed by atoms with Crippen molar-refractivity contribution in [2.75, 3.05) is 6.61 Å². The van der Waals surface area contributed by atoms with E-state index in [9.17, 15) is 4.79 Å². The van der Waals surface area contributed by atoms with Crippen LogP contribution in [0.1, 0.15) is 29.3 Å². The van der Waals surface area contributed by atoms with Gasteiger partial charge in [0.15, 0.2) is 0 Å². The third-order valence-corrected chi connectivity index (χ3v) is 1.97. The monoisotopic (exact) mass is 208 g/mol. The minimum Gasteiger partial charge on any atom is -0.493 e. The van der Waals surface area contributed by atoms with Gasteiger partial charge < -0.3 is 4.74 Å². The average molecular weight is 208 g/mol. The van der Waals surface area contributed by atoms with Gasteiger partial charge >= 0.3 is 0 Å². The number of hydrogen-bond donors (Lipinski definition) is 2. The first-order valence-electron chi connectivity index (χ1n) is 4.93. The maximum Gasteiger partial charge on any atom is 0.268 e. The third kappa shape index (κ3) is 2.95. The molecule has 0 saturated heterocycles. The molecule has 0 aliphatic rings. The van der Waals surface area contributed by atoms with Crippen molar-refractivity contribution in [3.63, 3.8) is 0 Å². The molecular weight excluding hydrogens is 192 g/mol. The highest BCUT2D eigenvalue weighted by Gasteiger charge is 2.11. The Morgan fingerprint density at radius 1 is 1.53 bits per heavy atom. The topological polar surface area (TPSA) is 64.3 Å². The maximum absolute atomic E-state index is 11.4. The molecule has 1 rings (SSSR count). The fourth-order valence-electron chi connectivity index (χ4n) is 1.24. The zero-order valence-corrected chi connectivity index (χ0v) is 9.04. The molecule has 0 aliphatic heterocycles. The number of hydrazine groups is 1. The SMILES string of the molecule is CCCOc1ccc(C)cc1C(=O)NN. The quantitative estimate of drug-likeness (QED) is 0.446. The molecule has 3 N–H and O–H groups in total. The molecule has 15 heavy (non-hydrogen) atoms. The van der Waals surface area contributed by atoms with Crippen molar-refractivity contribution in [2.45, 2.75) is 20.3 Å². The van der Waals surface area contributed by atoms with Gasteiger partial charge in [0.2, 0.25) is 0 Å². The van der Waals surface area contributed by atoms with E-state index in [0.29, 0.717) is 17.9 Å². The lowest BCUT2D eigenvalue weighted by molar-refractivity contribution is 0.0949. The molecule has 1 amide bonds. The molecule has 0 radical (unpaired) electrons. The summed E-state index contributed by atoms with van der Waals surface area (Å²) in [5.74, 6) is 5.34. The van der Waals surface area contributed by atoms with Gasteiger partial charge in [0.05, 0.1) is 12.2 Å². The summed E-state index contributed by atoms with van der Waals surface area (Å²) < 4.78 is 5.45. The summed E-state index contributed by atoms with van der Waals surface area (Å²) in [4.78, 5) is 11.4. The molecule has 0 saturated carbocycles. The van der Waals surface area contributed by atoms with Gasteiger partial charge in [-0.3, -0.25) is 10.2 Å². The van der Waals surface area contributed by atoms with Crippen molar-refractivity contribution in [1.29, 1.82) is 0 Å². The van der Waals surface area contributed by atoms with E-state index in [0.717, 1.165) is 12.0 Å². The number of benzene rings is 1. The molecular formula is C11H16N2O2. The molecule has 1 aromatic carbocycles. The second-order valence-electron chi connectivity index (χ2n) is 3.32. The molecule has 1 aromatic rings. The zero-order valence-electron chi connectivity index (χ0n) is 9.04. The number of hydrogen-bond acceptors (Lipinski definition) is 3. The Balaban J connectivity index is 2.97. The Kier molecular flexibility index (Phi) is 4.12. The van der Waals surface area contributed by atoms with Gasteiger partial charge in [-0.15, -0.1) is 0 Å². The first-order valence-corrected chi connectivity index (χ1v) is 4.93.